The number of benzene rings is 2. The van der Waals surface area contributed by atoms with Crippen LogP contribution < -0.4 is 0 Å². The Hall–Kier alpha value is -2.99. The van der Waals surface area contributed by atoms with Gasteiger partial charge < -0.3 is 9.64 Å². The number of hydrogen-bond donors (Lipinski definition) is 0. The van der Waals surface area contributed by atoms with Gasteiger partial charge in [0, 0.05) is 24.8 Å². The van der Waals surface area contributed by atoms with Crippen LogP contribution in [0.4, 0.5) is 4.39 Å². The second-order valence-electron chi connectivity index (χ2n) is 7.11. The molecule has 5 nitrogen and oxygen atoms in total. The lowest BCUT2D eigenvalue weighted by Gasteiger charge is -2.31. The SMILES string of the molecule is Cc1ccc(-c2nn(-c3ccc(F)cc3)cc2C(=O)N2CCO[C@@H](C)C2)cc1. The van der Waals surface area contributed by atoms with Crippen molar-refractivity contribution in [3.8, 4) is 16.9 Å². The van der Waals surface area contributed by atoms with Crippen molar-refractivity contribution in [2.45, 2.75) is 20.0 Å². The third kappa shape index (κ3) is 3.68. The fourth-order valence-electron chi connectivity index (χ4n) is 3.35. The summed E-state index contributed by atoms with van der Waals surface area (Å²) in [5.41, 5.74) is 3.85. The molecule has 0 aliphatic carbocycles. The minimum absolute atomic E-state index is 0.00710. The number of amides is 1. The lowest BCUT2D eigenvalue weighted by atomic mass is 10.1. The molecule has 0 unspecified atom stereocenters. The predicted octanol–water partition coefficient (Wildman–Crippen LogP) is 3.85. The Morgan fingerprint density at radius 2 is 1.86 bits per heavy atom. The van der Waals surface area contributed by atoms with Crippen LogP contribution in [-0.4, -0.2) is 46.4 Å². The van der Waals surface area contributed by atoms with Crippen molar-refractivity contribution in [1.82, 2.24) is 14.7 Å². The fraction of sp³-hybridized carbons (Fsp3) is 0.273. The highest BCUT2D eigenvalue weighted by Gasteiger charge is 2.27. The summed E-state index contributed by atoms with van der Waals surface area (Å²) < 4.78 is 20.5. The molecule has 1 aliphatic rings. The van der Waals surface area contributed by atoms with E-state index in [2.05, 4.69) is 5.10 Å². The van der Waals surface area contributed by atoms with Crippen LogP contribution in [0.15, 0.2) is 54.7 Å². The molecule has 3 aromatic rings. The van der Waals surface area contributed by atoms with Crippen molar-refractivity contribution in [3.05, 3.63) is 71.7 Å². The summed E-state index contributed by atoms with van der Waals surface area (Å²) in [7, 11) is 0. The Labute approximate surface area is 163 Å². The highest BCUT2D eigenvalue weighted by atomic mass is 19.1. The van der Waals surface area contributed by atoms with Gasteiger partial charge in [-0.3, -0.25) is 4.79 Å². The predicted molar refractivity (Wildman–Crippen MR) is 105 cm³/mol. The van der Waals surface area contributed by atoms with E-state index in [4.69, 9.17) is 4.74 Å². The van der Waals surface area contributed by atoms with Crippen molar-refractivity contribution in [2.75, 3.05) is 19.7 Å². The third-order valence-corrected chi connectivity index (χ3v) is 4.89. The molecule has 28 heavy (non-hydrogen) atoms. The molecule has 0 N–H and O–H groups in total. The van der Waals surface area contributed by atoms with Crippen LogP contribution in [-0.2, 0) is 4.74 Å². The Bertz CT molecular complexity index is 980. The van der Waals surface area contributed by atoms with Gasteiger partial charge in [-0.2, -0.15) is 5.10 Å². The quantitative estimate of drug-likeness (QED) is 0.695. The van der Waals surface area contributed by atoms with Crippen LogP contribution in [0.2, 0.25) is 0 Å². The van der Waals surface area contributed by atoms with Crippen molar-refractivity contribution >= 4 is 5.91 Å². The van der Waals surface area contributed by atoms with Crippen LogP contribution in [0.3, 0.4) is 0 Å². The molecule has 0 radical (unpaired) electrons. The monoisotopic (exact) mass is 379 g/mol. The van der Waals surface area contributed by atoms with Crippen LogP contribution >= 0.6 is 0 Å². The second-order valence-corrected chi connectivity index (χ2v) is 7.11. The number of morpholine rings is 1. The lowest BCUT2D eigenvalue weighted by molar-refractivity contribution is -0.0123. The summed E-state index contributed by atoms with van der Waals surface area (Å²) in [5, 5.41) is 4.66. The Kier molecular flexibility index (Phi) is 4.96. The molecule has 1 aliphatic heterocycles. The number of carbonyl (C=O) groups excluding carboxylic acids is 1. The Morgan fingerprint density at radius 1 is 1.14 bits per heavy atom. The molecule has 1 fully saturated rings. The van der Waals surface area contributed by atoms with Crippen LogP contribution in [0, 0.1) is 12.7 Å². The van der Waals surface area contributed by atoms with Crippen LogP contribution in [0.25, 0.3) is 16.9 Å². The Balaban J connectivity index is 1.77. The lowest BCUT2D eigenvalue weighted by Crippen LogP contribution is -2.44. The van der Waals surface area contributed by atoms with Gasteiger partial charge in [-0.25, -0.2) is 9.07 Å². The van der Waals surface area contributed by atoms with E-state index in [1.54, 1.807) is 27.9 Å². The smallest absolute Gasteiger partial charge is 0.257 e. The summed E-state index contributed by atoms with van der Waals surface area (Å²) in [6.45, 7) is 5.61. The van der Waals surface area contributed by atoms with Gasteiger partial charge in [0.05, 0.1) is 24.0 Å². The van der Waals surface area contributed by atoms with E-state index in [1.807, 2.05) is 38.1 Å². The van der Waals surface area contributed by atoms with Gasteiger partial charge in [0.2, 0.25) is 0 Å². The first-order valence-electron chi connectivity index (χ1n) is 9.35. The van der Waals surface area contributed by atoms with Gasteiger partial charge in [-0.1, -0.05) is 29.8 Å². The topological polar surface area (TPSA) is 47.4 Å². The third-order valence-electron chi connectivity index (χ3n) is 4.89. The van der Waals surface area contributed by atoms with Gasteiger partial charge in [-0.15, -0.1) is 0 Å². The van der Waals surface area contributed by atoms with E-state index in [0.29, 0.717) is 36.6 Å². The zero-order valence-electron chi connectivity index (χ0n) is 15.9. The van der Waals surface area contributed by atoms with E-state index in [-0.39, 0.29) is 17.8 Å². The molecular formula is C22H22FN3O2. The summed E-state index contributed by atoms with van der Waals surface area (Å²) in [6, 6.07) is 14.0. The minimum Gasteiger partial charge on any atom is -0.375 e. The molecule has 1 atom stereocenters. The molecule has 0 bridgehead atoms. The van der Waals surface area contributed by atoms with E-state index >= 15 is 0 Å². The summed E-state index contributed by atoms with van der Waals surface area (Å²) >= 11 is 0. The van der Waals surface area contributed by atoms with Gasteiger partial charge >= 0.3 is 0 Å². The first kappa shape index (κ1) is 18.4. The maximum Gasteiger partial charge on any atom is 0.257 e. The number of rotatable bonds is 3. The number of hydrogen-bond acceptors (Lipinski definition) is 3. The molecular weight excluding hydrogens is 357 g/mol. The van der Waals surface area contributed by atoms with E-state index in [0.717, 1.165) is 11.1 Å². The number of ether oxygens (including phenoxy) is 1. The largest absolute Gasteiger partial charge is 0.375 e. The first-order valence-corrected chi connectivity index (χ1v) is 9.35. The normalized spacial score (nSPS) is 17.0. The molecule has 1 aromatic heterocycles. The van der Waals surface area contributed by atoms with Crippen molar-refractivity contribution in [3.63, 3.8) is 0 Å². The maximum absolute atomic E-state index is 13.3. The molecule has 6 heteroatoms. The van der Waals surface area contributed by atoms with E-state index in [9.17, 15) is 9.18 Å². The minimum atomic E-state index is -0.312. The average molecular weight is 379 g/mol. The van der Waals surface area contributed by atoms with E-state index in [1.165, 1.54) is 12.1 Å². The summed E-state index contributed by atoms with van der Waals surface area (Å²) in [6.07, 6.45) is 1.73. The van der Waals surface area contributed by atoms with Crippen LogP contribution in [0.1, 0.15) is 22.8 Å². The van der Waals surface area contributed by atoms with Crippen molar-refractivity contribution < 1.29 is 13.9 Å². The van der Waals surface area contributed by atoms with Gasteiger partial charge in [0.15, 0.2) is 0 Å². The zero-order valence-corrected chi connectivity index (χ0v) is 15.9. The molecule has 2 heterocycles. The average Bonchev–Trinajstić information content (AvgIpc) is 3.14. The van der Waals surface area contributed by atoms with Crippen LogP contribution in [0.5, 0.6) is 0 Å². The molecule has 2 aromatic carbocycles. The highest BCUT2D eigenvalue weighted by molar-refractivity contribution is 6.00. The number of halogens is 1. The van der Waals surface area contributed by atoms with Gasteiger partial charge in [0.25, 0.3) is 5.91 Å². The number of carbonyl (C=O) groups is 1. The highest BCUT2D eigenvalue weighted by Crippen LogP contribution is 2.26. The molecule has 1 amide bonds. The van der Waals surface area contributed by atoms with Crippen molar-refractivity contribution in [2.24, 2.45) is 0 Å². The Morgan fingerprint density at radius 3 is 2.54 bits per heavy atom. The zero-order chi connectivity index (χ0) is 19.7. The van der Waals surface area contributed by atoms with Crippen molar-refractivity contribution in [1.29, 1.82) is 0 Å². The van der Waals surface area contributed by atoms with Gasteiger partial charge in [-0.05, 0) is 38.1 Å². The second kappa shape index (κ2) is 7.56. The van der Waals surface area contributed by atoms with Gasteiger partial charge in [0.1, 0.15) is 11.5 Å². The molecule has 0 saturated carbocycles. The molecule has 4 rings (SSSR count). The number of nitrogens with zero attached hydrogens (tertiary/aromatic N) is 3. The van der Waals surface area contributed by atoms with E-state index < -0.39 is 0 Å². The molecule has 0 spiro atoms. The maximum atomic E-state index is 13.3. The standard InChI is InChI=1S/C22H22FN3O2/c1-15-3-5-17(6-4-15)21-20(22(27)25-11-12-28-16(2)13-25)14-26(24-21)19-9-7-18(23)8-10-19/h3-10,14,16H,11-13H2,1-2H3/t16-/m0/s1. The molecule has 144 valence electrons. The molecule has 1 saturated heterocycles. The fourth-order valence-corrected chi connectivity index (χ4v) is 3.35. The summed E-state index contributed by atoms with van der Waals surface area (Å²) in [5.74, 6) is -0.382. The summed E-state index contributed by atoms with van der Waals surface area (Å²) in [4.78, 5) is 15.1. The first-order chi connectivity index (χ1) is 13.5. The number of aromatic nitrogens is 2. The number of aryl methyl sites for hydroxylation is 1.